The van der Waals surface area contributed by atoms with Crippen LogP contribution >= 0.6 is 0 Å². The predicted molar refractivity (Wildman–Crippen MR) is 161 cm³/mol. The van der Waals surface area contributed by atoms with Gasteiger partial charge in [-0.2, -0.15) is 23.7 Å². The quantitative estimate of drug-likeness (QED) is 0.349. The lowest BCUT2D eigenvalue weighted by molar-refractivity contribution is -0.137. The molecule has 1 aromatic heterocycles. The Kier molecular flexibility index (Phi) is 9.90. The molecule has 1 fully saturated rings. The Labute approximate surface area is 263 Å². The molecule has 2 N–H and O–H groups in total. The standard InChI is InChI=1S/C32H32F3N7O4/c1-2-24-16-26(25-15-23(32(33,34)35)3-4-28(25)42(24)31(44)46-10-7-43)39-30-38-19-29(41-5-8-45-9-6-41)27(40-30)14-20-11-21(17-36)13-22(12-20)18-37/h3-4,11-13,15,19,24,26,43H,2,5-10,14,16H2,1H3,(H,38,39,40). The van der Waals surface area contributed by atoms with Crippen LogP contribution in [0.1, 0.15) is 59.3 Å². The molecule has 0 spiro atoms. The Morgan fingerprint density at radius 3 is 2.48 bits per heavy atom. The number of nitrogens with zero attached hydrogens (tertiary/aromatic N) is 6. The summed E-state index contributed by atoms with van der Waals surface area (Å²) in [4.78, 5) is 25.8. The molecule has 11 nitrogen and oxygen atoms in total. The van der Waals surface area contributed by atoms with E-state index in [1.807, 2.05) is 6.92 Å². The van der Waals surface area contributed by atoms with Gasteiger partial charge in [-0.25, -0.2) is 14.8 Å². The molecule has 3 aromatic rings. The second-order valence-corrected chi connectivity index (χ2v) is 10.9. The number of aliphatic hydroxyl groups is 1. The molecule has 1 amide bonds. The van der Waals surface area contributed by atoms with Crippen molar-refractivity contribution in [2.45, 2.75) is 44.4 Å². The van der Waals surface area contributed by atoms with Crippen LogP contribution in [0.25, 0.3) is 0 Å². The zero-order chi connectivity index (χ0) is 32.8. The Bertz CT molecular complexity index is 1630. The number of fused-ring (bicyclic) bond motifs is 1. The molecule has 0 radical (unpaired) electrons. The van der Waals surface area contributed by atoms with E-state index >= 15 is 0 Å². The third kappa shape index (κ3) is 7.14. The summed E-state index contributed by atoms with van der Waals surface area (Å²) in [6, 6.07) is 11.1. The monoisotopic (exact) mass is 635 g/mol. The molecule has 1 saturated heterocycles. The summed E-state index contributed by atoms with van der Waals surface area (Å²) in [5, 5.41) is 31.4. The first-order valence-electron chi connectivity index (χ1n) is 14.8. The molecule has 2 aromatic carbocycles. The molecule has 14 heteroatoms. The lowest BCUT2D eigenvalue weighted by Crippen LogP contribution is -2.46. The van der Waals surface area contributed by atoms with E-state index in [9.17, 15) is 28.5 Å². The average Bonchev–Trinajstić information content (AvgIpc) is 3.06. The van der Waals surface area contributed by atoms with E-state index < -0.39 is 29.9 Å². The third-order valence-electron chi connectivity index (χ3n) is 7.97. The molecule has 240 valence electrons. The highest BCUT2D eigenvalue weighted by atomic mass is 19.4. The smallest absolute Gasteiger partial charge is 0.416 e. The molecule has 0 aliphatic carbocycles. The zero-order valence-corrected chi connectivity index (χ0v) is 25.0. The Balaban J connectivity index is 1.55. The normalized spacial score (nSPS) is 17.9. The number of amides is 1. The average molecular weight is 636 g/mol. The van der Waals surface area contributed by atoms with Crippen molar-refractivity contribution in [2.24, 2.45) is 0 Å². The van der Waals surface area contributed by atoms with E-state index in [2.05, 4.69) is 27.3 Å². The number of alkyl halides is 3. The Morgan fingerprint density at radius 1 is 1.13 bits per heavy atom. The molecule has 2 aliphatic heterocycles. The Hall–Kier alpha value is -4.92. The number of carbonyl (C=O) groups excluding carboxylic acids is 1. The molecule has 2 aliphatic rings. The Morgan fingerprint density at radius 2 is 1.85 bits per heavy atom. The maximum absolute atomic E-state index is 13.8. The van der Waals surface area contributed by atoms with Crippen LogP contribution in [0.15, 0.2) is 42.6 Å². The number of anilines is 3. The summed E-state index contributed by atoms with van der Waals surface area (Å²) in [6.45, 7) is 3.44. The van der Waals surface area contributed by atoms with Crippen LogP contribution in [0, 0.1) is 22.7 Å². The van der Waals surface area contributed by atoms with Gasteiger partial charge in [0, 0.05) is 25.6 Å². The van der Waals surface area contributed by atoms with Crippen LogP contribution in [-0.4, -0.2) is 66.7 Å². The van der Waals surface area contributed by atoms with Gasteiger partial charge >= 0.3 is 12.3 Å². The number of aromatic nitrogens is 2. The largest absolute Gasteiger partial charge is 0.447 e. The van der Waals surface area contributed by atoms with Crippen molar-refractivity contribution >= 4 is 23.4 Å². The molecule has 5 rings (SSSR count). The van der Waals surface area contributed by atoms with Crippen LogP contribution in [0.3, 0.4) is 0 Å². The van der Waals surface area contributed by atoms with Crippen molar-refractivity contribution in [1.29, 1.82) is 10.5 Å². The lowest BCUT2D eigenvalue weighted by atomic mass is 9.89. The van der Waals surface area contributed by atoms with Crippen LogP contribution in [0.5, 0.6) is 0 Å². The van der Waals surface area contributed by atoms with Gasteiger partial charge in [0.15, 0.2) is 0 Å². The summed E-state index contributed by atoms with van der Waals surface area (Å²) >= 11 is 0. The van der Waals surface area contributed by atoms with Gasteiger partial charge in [0.05, 0.1) is 78.0 Å². The highest BCUT2D eigenvalue weighted by molar-refractivity contribution is 5.90. The van der Waals surface area contributed by atoms with Crippen molar-refractivity contribution in [3.63, 3.8) is 0 Å². The highest BCUT2D eigenvalue weighted by Gasteiger charge is 2.39. The number of rotatable bonds is 8. The van der Waals surface area contributed by atoms with Gasteiger partial charge in [0.2, 0.25) is 5.95 Å². The second kappa shape index (κ2) is 14.0. The van der Waals surface area contributed by atoms with Gasteiger partial charge in [0.1, 0.15) is 6.61 Å². The molecule has 0 bridgehead atoms. The van der Waals surface area contributed by atoms with Gasteiger partial charge in [0.25, 0.3) is 0 Å². The van der Waals surface area contributed by atoms with Gasteiger partial charge < -0.3 is 24.8 Å². The number of nitriles is 2. The van der Waals surface area contributed by atoms with Crippen molar-refractivity contribution in [1.82, 2.24) is 9.97 Å². The molecule has 46 heavy (non-hydrogen) atoms. The summed E-state index contributed by atoms with van der Waals surface area (Å²) < 4.78 is 52.2. The van der Waals surface area contributed by atoms with E-state index in [-0.39, 0.29) is 43.3 Å². The fourth-order valence-corrected chi connectivity index (χ4v) is 5.82. The minimum absolute atomic E-state index is 0.170. The van der Waals surface area contributed by atoms with Crippen molar-refractivity contribution in [3.8, 4) is 12.1 Å². The van der Waals surface area contributed by atoms with Crippen LogP contribution in [0.2, 0.25) is 0 Å². The number of halogens is 3. The van der Waals surface area contributed by atoms with E-state index in [1.54, 1.807) is 18.3 Å². The zero-order valence-electron chi connectivity index (χ0n) is 25.0. The van der Waals surface area contributed by atoms with E-state index in [4.69, 9.17) is 19.6 Å². The number of benzene rings is 2. The van der Waals surface area contributed by atoms with Crippen molar-refractivity contribution in [3.05, 3.63) is 76.1 Å². The summed E-state index contributed by atoms with van der Waals surface area (Å²) in [5.41, 5.74) is 2.31. The number of hydrogen-bond acceptors (Lipinski definition) is 10. The summed E-state index contributed by atoms with van der Waals surface area (Å²) in [6.07, 6.45) is -2.75. The molecule has 2 atom stereocenters. The molecular formula is C32H32F3N7O4. The van der Waals surface area contributed by atoms with Crippen LogP contribution < -0.4 is 15.1 Å². The second-order valence-electron chi connectivity index (χ2n) is 10.9. The number of ether oxygens (including phenoxy) is 2. The predicted octanol–water partition coefficient (Wildman–Crippen LogP) is 4.94. The van der Waals surface area contributed by atoms with E-state index in [0.29, 0.717) is 55.1 Å². The lowest BCUT2D eigenvalue weighted by Gasteiger charge is -2.40. The van der Waals surface area contributed by atoms with Gasteiger partial charge in [-0.3, -0.25) is 4.90 Å². The number of carbonyl (C=O) groups is 1. The molecule has 3 heterocycles. The van der Waals surface area contributed by atoms with Gasteiger partial charge in [-0.15, -0.1) is 0 Å². The summed E-state index contributed by atoms with van der Waals surface area (Å²) in [7, 11) is 0. The molecule has 0 saturated carbocycles. The highest BCUT2D eigenvalue weighted by Crippen LogP contribution is 2.43. The van der Waals surface area contributed by atoms with Crippen molar-refractivity contribution < 1.29 is 32.5 Å². The first-order chi connectivity index (χ1) is 22.1. The van der Waals surface area contributed by atoms with Gasteiger partial charge in [-0.1, -0.05) is 6.92 Å². The topological polar surface area (TPSA) is 148 Å². The maximum Gasteiger partial charge on any atom is 0.416 e. The fourth-order valence-electron chi connectivity index (χ4n) is 5.82. The minimum Gasteiger partial charge on any atom is -0.447 e. The number of morpholine rings is 1. The van der Waals surface area contributed by atoms with Crippen molar-refractivity contribution in [2.75, 3.05) is 54.6 Å². The van der Waals surface area contributed by atoms with E-state index in [1.165, 1.54) is 17.0 Å². The number of aliphatic hydroxyl groups excluding tert-OH is 1. The first kappa shape index (κ1) is 32.5. The molecular weight excluding hydrogens is 603 g/mol. The first-order valence-corrected chi connectivity index (χ1v) is 14.8. The molecule has 2 unspecified atom stereocenters. The van der Waals surface area contributed by atoms with Crippen LogP contribution in [-0.2, 0) is 22.1 Å². The van der Waals surface area contributed by atoms with E-state index in [0.717, 1.165) is 17.8 Å². The maximum atomic E-state index is 13.8. The fraction of sp³-hybridized carbons (Fsp3) is 0.406. The van der Waals surface area contributed by atoms with Gasteiger partial charge in [-0.05, 0) is 60.4 Å². The number of hydrogen-bond donors (Lipinski definition) is 2. The SMILES string of the molecule is CCC1CC(Nc2ncc(N3CCOCC3)c(Cc3cc(C#N)cc(C#N)c3)n2)c2cc(C(F)(F)F)ccc2N1C(=O)OCCO. The summed E-state index contributed by atoms with van der Waals surface area (Å²) in [5.74, 6) is 0.170. The third-order valence-corrected chi connectivity index (χ3v) is 7.97. The number of nitrogens with one attached hydrogen (secondary N) is 1. The van der Waals surface area contributed by atoms with Crippen LogP contribution in [0.4, 0.5) is 35.3 Å². The minimum atomic E-state index is -4.62.